The van der Waals surface area contributed by atoms with Gasteiger partial charge in [0.05, 0.1) is 18.1 Å². The number of alkyl halides is 3. The predicted molar refractivity (Wildman–Crippen MR) is 137 cm³/mol. The molecule has 0 unspecified atom stereocenters. The van der Waals surface area contributed by atoms with E-state index in [1.165, 1.54) is 21.9 Å². The van der Waals surface area contributed by atoms with E-state index in [0.717, 1.165) is 24.8 Å². The molecule has 3 aromatic rings. The van der Waals surface area contributed by atoms with Crippen LogP contribution in [-0.2, 0) is 22.6 Å². The molecular weight excluding hydrogens is 542 g/mol. The Balaban J connectivity index is 1.63. The van der Waals surface area contributed by atoms with Crippen molar-refractivity contribution in [2.75, 3.05) is 47.5 Å². The smallest absolute Gasteiger partial charge is 0.413 e. The highest BCUT2D eigenvalue weighted by Crippen LogP contribution is 2.31. The summed E-state index contributed by atoms with van der Waals surface area (Å²) in [5.41, 5.74) is 1.44. The Morgan fingerprint density at radius 3 is 2.15 bits per heavy atom. The summed E-state index contributed by atoms with van der Waals surface area (Å²) in [5, 5.41) is 6.29. The minimum Gasteiger partial charge on any atom is -0.413 e. The van der Waals surface area contributed by atoms with Gasteiger partial charge in [-0.05, 0) is 50.2 Å². The van der Waals surface area contributed by atoms with Gasteiger partial charge >= 0.3 is 18.1 Å². The van der Waals surface area contributed by atoms with E-state index in [-0.39, 0.29) is 42.3 Å². The quantitative estimate of drug-likeness (QED) is 0.384. The van der Waals surface area contributed by atoms with Gasteiger partial charge < -0.3 is 14.2 Å². The fourth-order valence-corrected chi connectivity index (χ4v) is 5.41. The van der Waals surface area contributed by atoms with Crippen molar-refractivity contribution < 1.29 is 35.2 Å². The van der Waals surface area contributed by atoms with Crippen molar-refractivity contribution in [1.29, 1.82) is 0 Å². The predicted octanol–water partition coefficient (Wildman–Crippen LogP) is 4.60. The topological polar surface area (TPSA) is 99.8 Å². The van der Waals surface area contributed by atoms with Crippen molar-refractivity contribution in [2.24, 2.45) is 0 Å². The van der Waals surface area contributed by atoms with Crippen molar-refractivity contribution in [3.8, 4) is 11.5 Å². The van der Waals surface area contributed by atoms with Crippen LogP contribution in [-0.4, -0.2) is 67.2 Å². The molecule has 1 aliphatic heterocycles. The van der Waals surface area contributed by atoms with E-state index in [2.05, 4.69) is 19.5 Å². The summed E-state index contributed by atoms with van der Waals surface area (Å²) in [6, 6.07) is 10.3. The number of nitrogens with zero attached hydrogens (tertiary/aromatic N) is 5. The molecule has 4 rings (SSSR count). The third-order valence-electron chi connectivity index (χ3n) is 6.43. The molecule has 0 saturated carbocycles. The maximum absolute atomic E-state index is 15.2. The maximum atomic E-state index is 15.2. The van der Waals surface area contributed by atoms with Crippen LogP contribution >= 0.6 is 0 Å². The number of anilines is 2. The fourth-order valence-electron chi connectivity index (χ4n) is 4.21. The molecule has 1 aliphatic rings. The lowest BCUT2D eigenvalue weighted by molar-refractivity contribution is -0.156. The Kier molecular flexibility index (Phi) is 8.14. The number of urea groups is 1. The zero-order valence-corrected chi connectivity index (χ0v) is 22.1. The Hall–Kier alpha value is -3.68. The molecule has 0 radical (unpaired) electrons. The van der Waals surface area contributed by atoms with Crippen LogP contribution in [0.1, 0.15) is 25.3 Å². The van der Waals surface area contributed by atoms with E-state index in [1.54, 1.807) is 12.1 Å². The number of carbonyl (C=O) groups is 1. The highest BCUT2D eigenvalue weighted by atomic mass is 32.2. The van der Waals surface area contributed by atoms with Crippen LogP contribution in [0.2, 0.25) is 0 Å². The highest BCUT2D eigenvalue weighted by Gasteiger charge is 2.38. The van der Waals surface area contributed by atoms with E-state index < -0.39 is 39.6 Å². The summed E-state index contributed by atoms with van der Waals surface area (Å²) in [6.45, 7) is 5.40. The molecule has 1 fully saturated rings. The van der Waals surface area contributed by atoms with Crippen LogP contribution in [0.15, 0.2) is 46.9 Å². The molecular formula is C25H27F4N5O4S. The van der Waals surface area contributed by atoms with Gasteiger partial charge in [0.25, 0.3) is 0 Å². The van der Waals surface area contributed by atoms with Gasteiger partial charge in [-0.2, -0.15) is 13.2 Å². The molecule has 0 bridgehead atoms. The molecule has 2 heterocycles. The molecule has 39 heavy (non-hydrogen) atoms. The van der Waals surface area contributed by atoms with Crippen LogP contribution in [0, 0.1) is 5.82 Å². The maximum Gasteiger partial charge on any atom is 0.470 e. The van der Waals surface area contributed by atoms with Gasteiger partial charge in [-0.3, -0.25) is 4.90 Å². The molecule has 9 nitrogen and oxygen atoms in total. The minimum absolute atomic E-state index is 0.00925. The molecule has 0 spiro atoms. The van der Waals surface area contributed by atoms with Crippen molar-refractivity contribution in [2.45, 2.75) is 26.6 Å². The van der Waals surface area contributed by atoms with Crippen molar-refractivity contribution >= 4 is 27.2 Å². The van der Waals surface area contributed by atoms with E-state index >= 15 is 4.39 Å². The van der Waals surface area contributed by atoms with Gasteiger partial charge in [0.2, 0.25) is 5.89 Å². The third kappa shape index (κ3) is 6.49. The van der Waals surface area contributed by atoms with Crippen LogP contribution in [0.25, 0.3) is 11.5 Å². The van der Waals surface area contributed by atoms with Crippen LogP contribution < -0.4 is 9.80 Å². The average Bonchev–Trinajstić information content (AvgIpc) is 3.40. The van der Waals surface area contributed by atoms with Crippen molar-refractivity contribution in [3.63, 3.8) is 0 Å². The van der Waals surface area contributed by atoms with Gasteiger partial charge in [-0.1, -0.05) is 6.07 Å². The Labute approximate surface area is 222 Å². The number of amides is 2. The van der Waals surface area contributed by atoms with Crippen LogP contribution in [0.3, 0.4) is 0 Å². The van der Waals surface area contributed by atoms with Crippen molar-refractivity contribution in [1.82, 2.24) is 15.1 Å². The minimum atomic E-state index is -4.83. The van der Waals surface area contributed by atoms with E-state index in [9.17, 15) is 26.4 Å². The molecule has 0 atom stereocenters. The molecule has 2 amide bonds. The van der Waals surface area contributed by atoms with Gasteiger partial charge in [0.1, 0.15) is 5.82 Å². The molecule has 0 aliphatic carbocycles. The van der Waals surface area contributed by atoms with Crippen LogP contribution in [0.5, 0.6) is 0 Å². The second kappa shape index (κ2) is 11.2. The first-order chi connectivity index (χ1) is 18.4. The molecule has 1 aromatic heterocycles. The summed E-state index contributed by atoms with van der Waals surface area (Å²) in [4.78, 5) is 18.4. The summed E-state index contributed by atoms with van der Waals surface area (Å²) in [5.74, 6) is -3.17. The molecule has 14 heteroatoms. The van der Waals surface area contributed by atoms with Crippen molar-refractivity contribution in [3.05, 3.63) is 59.7 Å². The third-order valence-corrected chi connectivity index (χ3v) is 8.04. The summed E-state index contributed by atoms with van der Waals surface area (Å²) < 4.78 is 81.9. The lowest BCUT2D eigenvalue weighted by Crippen LogP contribution is -2.49. The number of benzene rings is 2. The lowest BCUT2D eigenvalue weighted by Gasteiger charge is -2.33. The molecule has 2 aromatic carbocycles. The lowest BCUT2D eigenvalue weighted by atomic mass is 10.1. The van der Waals surface area contributed by atoms with Gasteiger partial charge in [0, 0.05) is 48.7 Å². The summed E-state index contributed by atoms with van der Waals surface area (Å²) in [7, 11) is -3.23. The Morgan fingerprint density at radius 2 is 1.62 bits per heavy atom. The largest absolute Gasteiger partial charge is 0.470 e. The zero-order valence-electron chi connectivity index (χ0n) is 21.3. The Morgan fingerprint density at radius 1 is 1.00 bits per heavy atom. The zero-order chi connectivity index (χ0) is 28.4. The average molecular weight is 570 g/mol. The van der Waals surface area contributed by atoms with Gasteiger partial charge in [-0.25, -0.2) is 17.6 Å². The number of sulfone groups is 1. The number of aromatic nitrogens is 2. The normalized spacial score (nSPS) is 15.3. The first-order valence-electron chi connectivity index (χ1n) is 12.2. The van der Waals surface area contributed by atoms with E-state index in [1.807, 2.05) is 26.0 Å². The first-order valence-corrected chi connectivity index (χ1v) is 14.1. The van der Waals surface area contributed by atoms with Crippen LogP contribution in [0.4, 0.5) is 33.7 Å². The Bertz CT molecular complexity index is 1410. The summed E-state index contributed by atoms with van der Waals surface area (Å²) >= 11 is 0. The number of carbonyl (C=O) groups excluding carboxylic acids is 1. The fraction of sp³-hybridized carbons (Fsp3) is 0.400. The number of hydrogen-bond donors (Lipinski definition) is 0. The summed E-state index contributed by atoms with van der Waals surface area (Å²) in [6.07, 6.45) is -4.83. The number of rotatable bonds is 7. The number of halogens is 4. The second-order valence-electron chi connectivity index (χ2n) is 8.91. The standard InChI is InChI=1S/C25H27F4N5O4S/c1-3-32(4-2)19-7-9-20(10-8-19)34(24(35)33-11-13-39(36,37)14-12-33)16-18-6-5-17(15-21(18)26)22-30-31-23(38-22)25(27,28)29/h5-10,15H,3-4,11-14,16H2,1-2H3. The van der Waals surface area contributed by atoms with Gasteiger partial charge in [0.15, 0.2) is 9.84 Å². The van der Waals surface area contributed by atoms with Gasteiger partial charge in [-0.15, -0.1) is 10.2 Å². The van der Waals surface area contributed by atoms with E-state index in [4.69, 9.17) is 0 Å². The first kappa shape index (κ1) is 28.3. The van der Waals surface area contributed by atoms with E-state index in [0.29, 0.717) is 5.69 Å². The molecule has 0 N–H and O–H groups in total. The molecule has 1 saturated heterocycles. The molecule has 210 valence electrons. The SMILES string of the molecule is CCN(CC)c1ccc(N(Cc2ccc(-c3nnc(C(F)(F)F)o3)cc2F)C(=O)N2CCS(=O)(=O)CC2)cc1. The highest BCUT2D eigenvalue weighted by molar-refractivity contribution is 7.91. The monoisotopic (exact) mass is 569 g/mol. The second-order valence-corrected chi connectivity index (χ2v) is 11.2. The number of hydrogen-bond acceptors (Lipinski definition) is 7.